The fourth-order valence-corrected chi connectivity index (χ4v) is 4.29. The second-order valence-electron chi connectivity index (χ2n) is 8.16. The van der Waals surface area contributed by atoms with E-state index in [1.165, 1.54) is 0 Å². The van der Waals surface area contributed by atoms with Gasteiger partial charge in [0.05, 0.1) is 17.0 Å². The predicted octanol–water partition coefficient (Wildman–Crippen LogP) is 4.04. The molecule has 0 saturated heterocycles. The minimum absolute atomic E-state index is 0.0394. The predicted molar refractivity (Wildman–Crippen MR) is 129 cm³/mol. The zero-order chi connectivity index (χ0) is 23.7. The maximum Gasteiger partial charge on any atom is 0.254 e. The molecule has 0 fully saturated rings. The van der Waals surface area contributed by atoms with E-state index in [0.29, 0.717) is 28.1 Å². The van der Waals surface area contributed by atoms with Crippen LogP contribution in [0.5, 0.6) is 5.88 Å². The molecule has 0 bridgehead atoms. The standard InChI is InChI=1S/C25H28N6O2/c1-14-11-15(2)29-23(32)19(14)12-27-24(33)21-17(4)31(16(3)18-9-7-6-8-10-18)22-20(21)13-28-25(26-5)30-22/h6-11,13,16H,12H2,1-5H3,(H,27,33)(H,29,32)(H,26,28,30). The molecule has 1 atom stereocenters. The topological polar surface area (TPSA) is 105 Å². The molecule has 4 aromatic rings. The fraction of sp³-hybridized carbons (Fsp3) is 0.280. The number of benzene rings is 1. The summed E-state index contributed by atoms with van der Waals surface area (Å²) < 4.78 is 2.07. The smallest absolute Gasteiger partial charge is 0.254 e. The minimum Gasteiger partial charge on any atom is -0.493 e. The Morgan fingerprint density at radius 1 is 1.15 bits per heavy atom. The highest BCUT2D eigenvalue weighted by Crippen LogP contribution is 2.31. The van der Waals surface area contributed by atoms with Crippen LogP contribution >= 0.6 is 0 Å². The summed E-state index contributed by atoms with van der Waals surface area (Å²) in [5.74, 6) is 0.170. The van der Waals surface area contributed by atoms with E-state index in [9.17, 15) is 9.90 Å². The van der Waals surface area contributed by atoms with Crippen molar-refractivity contribution in [3.8, 4) is 5.88 Å². The van der Waals surface area contributed by atoms with E-state index in [1.807, 2.05) is 45.0 Å². The maximum absolute atomic E-state index is 13.4. The molecule has 1 aromatic carbocycles. The molecule has 3 aromatic heterocycles. The SMILES string of the molecule is CNc1ncc2c(C(=O)NCc3c(C)cc(C)nc3O)c(C)n(C(C)c3ccccc3)c2n1. The van der Waals surface area contributed by atoms with Crippen molar-refractivity contribution in [2.24, 2.45) is 0 Å². The van der Waals surface area contributed by atoms with Gasteiger partial charge in [-0.05, 0) is 44.9 Å². The molecule has 3 heterocycles. The fourth-order valence-electron chi connectivity index (χ4n) is 4.29. The number of aromatic hydroxyl groups is 1. The van der Waals surface area contributed by atoms with Crippen LogP contribution in [-0.2, 0) is 6.54 Å². The van der Waals surface area contributed by atoms with Gasteiger partial charge in [-0.1, -0.05) is 30.3 Å². The number of aromatic nitrogens is 4. The van der Waals surface area contributed by atoms with Gasteiger partial charge < -0.3 is 20.3 Å². The van der Waals surface area contributed by atoms with Gasteiger partial charge in [0.15, 0.2) is 0 Å². The number of rotatable bonds is 6. The summed E-state index contributed by atoms with van der Waals surface area (Å²) in [5.41, 5.74) is 5.31. The Morgan fingerprint density at radius 2 is 1.88 bits per heavy atom. The van der Waals surface area contributed by atoms with Crippen LogP contribution < -0.4 is 10.6 Å². The van der Waals surface area contributed by atoms with Crippen LogP contribution in [0.2, 0.25) is 0 Å². The van der Waals surface area contributed by atoms with E-state index in [1.54, 1.807) is 13.2 Å². The van der Waals surface area contributed by atoms with Crippen molar-refractivity contribution in [2.75, 3.05) is 12.4 Å². The highest BCUT2D eigenvalue weighted by molar-refractivity contribution is 6.07. The quantitative estimate of drug-likeness (QED) is 0.415. The Balaban J connectivity index is 1.76. The lowest BCUT2D eigenvalue weighted by atomic mass is 10.1. The lowest BCUT2D eigenvalue weighted by Crippen LogP contribution is -2.24. The largest absolute Gasteiger partial charge is 0.493 e. The molecule has 0 aliphatic heterocycles. The van der Waals surface area contributed by atoms with Crippen molar-refractivity contribution >= 4 is 22.9 Å². The van der Waals surface area contributed by atoms with Crippen LogP contribution in [0.15, 0.2) is 42.6 Å². The third-order valence-corrected chi connectivity index (χ3v) is 5.99. The van der Waals surface area contributed by atoms with Crippen molar-refractivity contribution in [3.05, 3.63) is 76.2 Å². The Kier molecular flexibility index (Phi) is 6.00. The van der Waals surface area contributed by atoms with Gasteiger partial charge >= 0.3 is 0 Å². The second kappa shape index (κ2) is 8.90. The van der Waals surface area contributed by atoms with E-state index >= 15 is 0 Å². The number of carbonyl (C=O) groups excluding carboxylic acids is 1. The monoisotopic (exact) mass is 444 g/mol. The van der Waals surface area contributed by atoms with Gasteiger partial charge in [0, 0.05) is 36.7 Å². The average Bonchev–Trinajstić information content (AvgIpc) is 3.09. The van der Waals surface area contributed by atoms with E-state index in [-0.39, 0.29) is 24.4 Å². The third-order valence-electron chi connectivity index (χ3n) is 5.99. The normalized spacial score (nSPS) is 12.0. The number of hydrogen-bond acceptors (Lipinski definition) is 6. The Morgan fingerprint density at radius 3 is 2.55 bits per heavy atom. The number of nitrogens with one attached hydrogen (secondary N) is 2. The first-order valence-electron chi connectivity index (χ1n) is 10.9. The Bertz CT molecular complexity index is 1310. The van der Waals surface area contributed by atoms with Gasteiger partial charge in [-0.15, -0.1) is 0 Å². The molecule has 1 unspecified atom stereocenters. The maximum atomic E-state index is 13.4. The Hall–Kier alpha value is -3.94. The number of anilines is 1. The highest BCUT2D eigenvalue weighted by atomic mass is 16.3. The van der Waals surface area contributed by atoms with E-state index in [4.69, 9.17) is 0 Å². The van der Waals surface area contributed by atoms with Crippen LogP contribution in [-0.4, -0.2) is 37.6 Å². The van der Waals surface area contributed by atoms with E-state index in [2.05, 4.69) is 49.2 Å². The number of aryl methyl sites for hydroxylation is 2. The first-order chi connectivity index (χ1) is 15.8. The molecule has 8 nitrogen and oxygen atoms in total. The van der Waals surface area contributed by atoms with Gasteiger partial charge in [0.1, 0.15) is 5.65 Å². The third kappa shape index (κ3) is 4.11. The van der Waals surface area contributed by atoms with Crippen LogP contribution in [0.1, 0.15) is 51.4 Å². The highest BCUT2D eigenvalue weighted by Gasteiger charge is 2.25. The zero-order valence-electron chi connectivity index (χ0n) is 19.5. The molecule has 3 N–H and O–H groups in total. The molecule has 0 spiro atoms. The van der Waals surface area contributed by atoms with Crippen LogP contribution in [0, 0.1) is 20.8 Å². The summed E-state index contributed by atoms with van der Waals surface area (Å²) in [6.07, 6.45) is 1.68. The molecule has 0 saturated carbocycles. The van der Waals surface area contributed by atoms with Gasteiger partial charge in [-0.2, -0.15) is 4.98 Å². The van der Waals surface area contributed by atoms with Crippen LogP contribution in [0.25, 0.3) is 11.0 Å². The van der Waals surface area contributed by atoms with Gasteiger partial charge in [0.2, 0.25) is 11.8 Å². The summed E-state index contributed by atoms with van der Waals surface area (Å²) in [4.78, 5) is 26.5. The minimum atomic E-state index is -0.253. The van der Waals surface area contributed by atoms with Gasteiger partial charge in [-0.25, -0.2) is 9.97 Å². The number of pyridine rings is 1. The number of fused-ring (bicyclic) bond motifs is 1. The molecular formula is C25H28N6O2. The van der Waals surface area contributed by atoms with Crippen molar-refractivity contribution in [1.29, 1.82) is 0 Å². The van der Waals surface area contributed by atoms with Gasteiger partial charge in [0.25, 0.3) is 5.91 Å². The first kappa shape index (κ1) is 22.3. The average molecular weight is 445 g/mol. The molecule has 0 aliphatic rings. The molecule has 170 valence electrons. The summed E-state index contributed by atoms with van der Waals surface area (Å²) in [7, 11) is 1.76. The first-order valence-corrected chi connectivity index (χ1v) is 10.9. The lowest BCUT2D eigenvalue weighted by molar-refractivity contribution is 0.0951. The molecular weight excluding hydrogens is 416 g/mol. The summed E-state index contributed by atoms with van der Waals surface area (Å²) >= 11 is 0. The van der Waals surface area contributed by atoms with Crippen molar-refractivity contribution in [1.82, 2.24) is 24.8 Å². The molecule has 4 rings (SSSR count). The molecule has 8 heteroatoms. The lowest BCUT2D eigenvalue weighted by Gasteiger charge is -2.18. The number of carbonyl (C=O) groups is 1. The number of hydrogen-bond donors (Lipinski definition) is 3. The van der Waals surface area contributed by atoms with Crippen molar-refractivity contribution < 1.29 is 9.90 Å². The van der Waals surface area contributed by atoms with Gasteiger partial charge in [-0.3, -0.25) is 4.79 Å². The van der Waals surface area contributed by atoms with E-state index < -0.39 is 0 Å². The number of nitrogens with zero attached hydrogens (tertiary/aromatic N) is 4. The van der Waals surface area contributed by atoms with Crippen LogP contribution in [0.4, 0.5) is 5.95 Å². The summed E-state index contributed by atoms with van der Waals surface area (Å²) in [6, 6.07) is 11.9. The molecule has 0 radical (unpaired) electrons. The summed E-state index contributed by atoms with van der Waals surface area (Å²) in [6.45, 7) is 7.89. The van der Waals surface area contributed by atoms with E-state index in [0.717, 1.165) is 22.5 Å². The zero-order valence-corrected chi connectivity index (χ0v) is 19.5. The second-order valence-corrected chi connectivity index (χ2v) is 8.16. The molecule has 1 amide bonds. The molecule has 0 aliphatic carbocycles. The Labute approximate surface area is 192 Å². The van der Waals surface area contributed by atoms with Crippen LogP contribution in [0.3, 0.4) is 0 Å². The number of amides is 1. The summed E-state index contributed by atoms with van der Waals surface area (Å²) in [5, 5.41) is 16.8. The van der Waals surface area contributed by atoms with Crippen molar-refractivity contribution in [3.63, 3.8) is 0 Å². The molecule has 33 heavy (non-hydrogen) atoms. The van der Waals surface area contributed by atoms with Crippen molar-refractivity contribution in [2.45, 2.75) is 40.3 Å².